The van der Waals surface area contributed by atoms with Crippen LogP contribution in [-0.2, 0) is 17.6 Å². The SMILES string of the molecule is CCN(CCC(=O)O)C(=O)c1nn(-c2ccccc2F)c2c1CCC2. The third-order valence-corrected chi connectivity index (χ3v) is 4.48. The molecule has 0 atom stereocenters. The lowest BCUT2D eigenvalue weighted by Crippen LogP contribution is -2.33. The van der Waals surface area contributed by atoms with Crippen LogP contribution in [0.1, 0.15) is 41.5 Å². The summed E-state index contributed by atoms with van der Waals surface area (Å²) in [7, 11) is 0. The van der Waals surface area contributed by atoms with Crippen molar-refractivity contribution in [3.05, 3.63) is 47.0 Å². The van der Waals surface area contributed by atoms with E-state index in [9.17, 15) is 14.0 Å². The van der Waals surface area contributed by atoms with Crippen molar-refractivity contribution in [3.8, 4) is 5.69 Å². The van der Waals surface area contributed by atoms with E-state index in [4.69, 9.17) is 5.11 Å². The average molecular weight is 345 g/mol. The van der Waals surface area contributed by atoms with Crippen molar-refractivity contribution in [1.29, 1.82) is 0 Å². The molecule has 0 fully saturated rings. The number of aromatic nitrogens is 2. The molecule has 0 radical (unpaired) electrons. The van der Waals surface area contributed by atoms with Gasteiger partial charge in [-0.1, -0.05) is 12.1 Å². The number of halogens is 1. The smallest absolute Gasteiger partial charge is 0.305 e. The summed E-state index contributed by atoms with van der Waals surface area (Å²) in [5.41, 5.74) is 2.35. The van der Waals surface area contributed by atoms with Crippen LogP contribution in [0.4, 0.5) is 4.39 Å². The summed E-state index contributed by atoms with van der Waals surface area (Å²) in [5, 5.41) is 13.2. The van der Waals surface area contributed by atoms with Gasteiger partial charge in [-0.05, 0) is 38.3 Å². The second-order valence-electron chi connectivity index (χ2n) is 6.02. The van der Waals surface area contributed by atoms with Gasteiger partial charge in [-0.25, -0.2) is 9.07 Å². The number of rotatable bonds is 6. The predicted molar refractivity (Wildman–Crippen MR) is 89.4 cm³/mol. The van der Waals surface area contributed by atoms with Crippen LogP contribution in [-0.4, -0.2) is 44.8 Å². The number of amides is 1. The van der Waals surface area contributed by atoms with Crippen LogP contribution in [0.15, 0.2) is 24.3 Å². The number of carboxylic acids is 1. The Labute approximate surface area is 144 Å². The van der Waals surface area contributed by atoms with Crippen molar-refractivity contribution in [2.24, 2.45) is 0 Å². The van der Waals surface area contributed by atoms with E-state index in [0.29, 0.717) is 17.9 Å². The molecule has 0 saturated carbocycles. The molecule has 2 aromatic rings. The molecule has 1 aromatic carbocycles. The summed E-state index contributed by atoms with van der Waals surface area (Å²) in [6.45, 7) is 2.33. The molecule has 0 aliphatic heterocycles. The standard InChI is InChI=1S/C18H20FN3O3/c1-2-21(11-10-16(23)24)18(25)17-12-6-5-9-14(12)22(20-17)15-8-4-3-7-13(15)19/h3-4,7-8H,2,5-6,9-11H2,1H3,(H,23,24). The first kappa shape index (κ1) is 17.1. The normalized spacial score (nSPS) is 12.9. The van der Waals surface area contributed by atoms with E-state index in [1.807, 2.05) is 0 Å². The minimum absolute atomic E-state index is 0.115. The number of nitrogens with zero attached hydrogens (tertiary/aromatic N) is 3. The maximum absolute atomic E-state index is 14.2. The first-order chi connectivity index (χ1) is 12.0. The Balaban J connectivity index is 1.98. The van der Waals surface area contributed by atoms with Crippen LogP contribution >= 0.6 is 0 Å². The Kier molecular flexibility index (Phi) is 4.83. The summed E-state index contributed by atoms with van der Waals surface area (Å²) >= 11 is 0. The maximum atomic E-state index is 14.2. The summed E-state index contributed by atoms with van der Waals surface area (Å²) in [6.07, 6.45) is 2.24. The molecule has 0 saturated heterocycles. The highest BCUT2D eigenvalue weighted by Gasteiger charge is 2.29. The highest BCUT2D eigenvalue weighted by atomic mass is 19.1. The van der Waals surface area contributed by atoms with Gasteiger partial charge in [0.05, 0.1) is 6.42 Å². The largest absolute Gasteiger partial charge is 0.481 e. The summed E-state index contributed by atoms with van der Waals surface area (Å²) < 4.78 is 15.7. The molecule has 1 heterocycles. The van der Waals surface area contributed by atoms with Crippen LogP contribution in [0.3, 0.4) is 0 Å². The van der Waals surface area contributed by atoms with E-state index in [1.165, 1.54) is 15.6 Å². The number of carbonyl (C=O) groups is 2. The van der Waals surface area contributed by atoms with Gasteiger partial charge in [0.2, 0.25) is 0 Å². The minimum Gasteiger partial charge on any atom is -0.481 e. The topological polar surface area (TPSA) is 75.4 Å². The fraction of sp³-hybridized carbons (Fsp3) is 0.389. The van der Waals surface area contributed by atoms with Crippen LogP contribution in [0, 0.1) is 5.82 Å². The highest BCUT2D eigenvalue weighted by Crippen LogP contribution is 2.29. The third kappa shape index (κ3) is 3.26. The molecule has 1 aromatic heterocycles. The fourth-order valence-electron chi connectivity index (χ4n) is 3.22. The highest BCUT2D eigenvalue weighted by molar-refractivity contribution is 5.94. The van der Waals surface area contributed by atoms with Gasteiger partial charge >= 0.3 is 5.97 Å². The van der Waals surface area contributed by atoms with E-state index >= 15 is 0 Å². The molecule has 1 aliphatic carbocycles. The van der Waals surface area contributed by atoms with E-state index in [0.717, 1.165) is 30.5 Å². The number of carbonyl (C=O) groups excluding carboxylic acids is 1. The molecule has 7 heteroatoms. The lowest BCUT2D eigenvalue weighted by Gasteiger charge is -2.19. The van der Waals surface area contributed by atoms with Crippen molar-refractivity contribution < 1.29 is 19.1 Å². The van der Waals surface area contributed by atoms with Crippen LogP contribution in [0.5, 0.6) is 0 Å². The zero-order valence-corrected chi connectivity index (χ0v) is 14.0. The van der Waals surface area contributed by atoms with Gasteiger partial charge in [-0.3, -0.25) is 9.59 Å². The molecule has 1 aliphatic rings. The van der Waals surface area contributed by atoms with Crippen molar-refractivity contribution in [2.75, 3.05) is 13.1 Å². The zero-order chi connectivity index (χ0) is 18.0. The molecule has 3 rings (SSSR count). The number of benzene rings is 1. The van der Waals surface area contributed by atoms with E-state index in [2.05, 4.69) is 5.10 Å². The maximum Gasteiger partial charge on any atom is 0.305 e. The average Bonchev–Trinajstić information content (AvgIpc) is 3.18. The van der Waals surface area contributed by atoms with Gasteiger partial charge in [-0.15, -0.1) is 0 Å². The molecule has 132 valence electrons. The molecule has 0 bridgehead atoms. The quantitative estimate of drug-likeness (QED) is 0.872. The van der Waals surface area contributed by atoms with Gasteiger partial charge in [-0.2, -0.15) is 5.10 Å². The van der Waals surface area contributed by atoms with Crippen LogP contribution in [0.25, 0.3) is 5.69 Å². The molecule has 0 spiro atoms. The fourth-order valence-corrected chi connectivity index (χ4v) is 3.22. The first-order valence-electron chi connectivity index (χ1n) is 8.39. The van der Waals surface area contributed by atoms with Crippen LogP contribution < -0.4 is 0 Å². The Hall–Kier alpha value is -2.70. The molecular weight excluding hydrogens is 325 g/mol. The zero-order valence-electron chi connectivity index (χ0n) is 14.0. The first-order valence-corrected chi connectivity index (χ1v) is 8.39. The van der Waals surface area contributed by atoms with Crippen molar-refractivity contribution in [3.63, 3.8) is 0 Å². The van der Waals surface area contributed by atoms with E-state index < -0.39 is 11.8 Å². The molecule has 1 N–H and O–H groups in total. The minimum atomic E-state index is -0.951. The lowest BCUT2D eigenvalue weighted by molar-refractivity contribution is -0.137. The molecule has 25 heavy (non-hydrogen) atoms. The van der Waals surface area contributed by atoms with Crippen molar-refractivity contribution >= 4 is 11.9 Å². The second-order valence-corrected chi connectivity index (χ2v) is 6.02. The summed E-state index contributed by atoms with van der Waals surface area (Å²) in [6, 6.07) is 6.34. The van der Waals surface area contributed by atoms with Gasteiger partial charge in [0.25, 0.3) is 5.91 Å². The Morgan fingerprint density at radius 1 is 1.32 bits per heavy atom. The van der Waals surface area contributed by atoms with Crippen molar-refractivity contribution in [2.45, 2.75) is 32.6 Å². The van der Waals surface area contributed by atoms with Gasteiger partial charge in [0.1, 0.15) is 11.5 Å². The van der Waals surface area contributed by atoms with Gasteiger partial charge in [0.15, 0.2) is 5.69 Å². The van der Waals surface area contributed by atoms with Gasteiger partial charge in [0, 0.05) is 24.3 Å². The van der Waals surface area contributed by atoms with Crippen LogP contribution in [0.2, 0.25) is 0 Å². The van der Waals surface area contributed by atoms with Crippen molar-refractivity contribution in [1.82, 2.24) is 14.7 Å². The molecule has 6 nitrogen and oxygen atoms in total. The summed E-state index contributed by atoms with van der Waals surface area (Å²) in [5.74, 6) is -1.64. The van der Waals surface area contributed by atoms with E-state index in [-0.39, 0.29) is 18.9 Å². The molecular formula is C18H20FN3O3. The van der Waals surface area contributed by atoms with Gasteiger partial charge < -0.3 is 10.0 Å². The lowest BCUT2D eigenvalue weighted by atomic mass is 10.1. The van der Waals surface area contributed by atoms with E-state index in [1.54, 1.807) is 25.1 Å². The number of fused-ring (bicyclic) bond motifs is 1. The second kappa shape index (κ2) is 7.04. The predicted octanol–water partition coefficient (Wildman–Crippen LogP) is 2.44. The number of hydrogen-bond acceptors (Lipinski definition) is 3. The Morgan fingerprint density at radius 3 is 2.76 bits per heavy atom. The Bertz CT molecular complexity index is 816. The number of hydrogen-bond donors (Lipinski definition) is 1. The third-order valence-electron chi connectivity index (χ3n) is 4.48. The Morgan fingerprint density at radius 2 is 2.08 bits per heavy atom. The number of para-hydroxylation sites is 1. The molecule has 0 unspecified atom stereocenters. The number of aliphatic carboxylic acids is 1. The molecule has 1 amide bonds. The number of carboxylic acid groups (broad SMARTS) is 1. The monoisotopic (exact) mass is 345 g/mol. The summed E-state index contributed by atoms with van der Waals surface area (Å²) in [4.78, 5) is 25.1.